The highest BCUT2D eigenvalue weighted by atomic mass is 19.1. The van der Waals surface area contributed by atoms with Crippen LogP contribution in [0.25, 0.3) is 0 Å². The van der Waals surface area contributed by atoms with Crippen LogP contribution in [0.3, 0.4) is 0 Å². The van der Waals surface area contributed by atoms with Crippen molar-refractivity contribution in [1.29, 1.82) is 5.26 Å². The lowest BCUT2D eigenvalue weighted by atomic mass is 10.0. The second-order valence-corrected chi connectivity index (χ2v) is 6.96. The average molecular weight is 442 g/mol. The van der Waals surface area contributed by atoms with Crippen molar-refractivity contribution in [2.75, 3.05) is 17.2 Å². The summed E-state index contributed by atoms with van der Waals surface area (Å²) >= 11 is 0. The SMILES string of the molecule is CC(CO)[C@H](C(N)=O)n1cc(Nc2nccc(NCc3c(F)ccc(C#N)c3F)n2)cn1. The van der Waals surface area contributed by atoms with Gasteiger partial charge in [-0.05, 0) is 18.2 Å². The van der Waals surface area contributed by atoms with Gasteiger partial charge in [0.05, 0.1) is 17.4 Å². The molecule has 3 aromatic rings. The Labute approximate surface area is 181 Å². The van der Waals surface area contributed by atoms with Gasteiger partial charge >= 0.3 is 0 Å². The number of amides is 1. The Kier molecular flexibility index (Phi) is 6.91. The number of aliphatic hydroxyl groups excluding tert-OH is 1. The number of hydrogen-bond donors (Lipinski definition) is 4. The molecule has 2 aromatic heterocycles. The number of primary amides is 1. The lowest BCUT2D eigenvalue weighted by Gasteiger charge is -2.19. The molecule has 0 aliphatic heterocycles. The van der Waals surface area contributed by atoms with Gasteiger partial charge in [0.15, 0.2) is 0 Å². The first-order valence-electron chi connectivity index (χ1n) is 9.49. The second-order valence-electron chi connectivity index (χ2n) is 6.96. The van der Waals surface area contributed by atoms with Gasteiger partial charge in [0, 0.05) is 37.0 Å². The van der Waals surface area contributed by atoms with Crippen molar-refractivity contribution < 1.29 is 18.7 Å². The monoisotopic (exact) mass is 442 g/mol. The summed E-state index contributed by atoms with van der Waals surface area (Å²) < 4.78 is 29.5. The van der Waals surface area contributed by atoms with Crippen molar-refractivity contribution in [3.63, 3.8) is 0 Å². The molecule has 1 aromatic carbocycles. The Bertz CT molecular complexity index is 1160. The minimum Gasteiger partial charge on any atom is -0.396 e. The zero-order valence-corrected chi connectivity index (χ0v) is 17.0. The number of nitrogens with one attached hydrogen (secondary N) is 2. The number of nitriles is 1. The first kappa shape index (κ1) is 22.6. The minimum atomic E-state index is -0.930. The lowest BCUT2D eigenvalue weighted by Crippen LogP contribution is -2.33. The average Bonchev–Trinajstić information content (AvgIpc) is 3.21. The van der Waals surface area contributed by atoms with E-state index in [1.807, 2.05) is 0 Å². The summed E-state index contributed by atoms with van der Waals surface area (Å²) in [5, 5.41) is 28.0. The second kappa shape index (κ2) is 9.80. The summed E-state index contributed by atoms with van der Waals surface area (Å²) in [6.45, 7) is 1.19. The van der Waals surface area contributed by atoms with Gasteiger partial charge in [0.2, 0.25) is 11.9 Å². The minimum absolute atomic E-state index is 0.159. The summed E-state index contributed by atoms with van der Waals surface area (Å²) in [5.74, 6) is -2.35. The topological polar surface area (TPSA) is 155 Å². The van der Waals surface area contributed by atoms with Crippen molar-refractivity contribution in [1.82, 2.24) is 19.7 Å². The molecule has 1 unspecified atom stereocenters. The molecule has 2 heterocycles. The van der Waals surface area contributed by atoms with Gasteiger partial charge in [-0.2, -0.15) is 15.3 Å². The number of nitrogens with two attached hydrogens (primary N) is 1. The van der Waals surface area contributed by atoms with Gasteiger partial charge in [-0.3, -0.25) is 9.48 Å². The predicted molar refractivity (Wildman–Crippen MR) is 110 cm³/mol. The van der Waals surface area contributed by atoms with Crippen LogP contribution in [0, 0.1) is 28.9 Å². The Balaban J connectivity index is 1.72. The number of benzene rings is 1. The van der Waals surface area contributed by atoms with Crippen molar-refractivity contribution in [2.24, 2.45) is 11.7 Å². The predicted octanol–water partition coefficient (Wildman–Crippen LogP) is 1.83. The number of carbonyl (C=O) groups excluding carboxylic acids is 1. The molecule has 166 valence electrons. The van der Waals surface area contributed by atoms with Crippen LogP contribution < -0.4 is 16.4 Å². The van der Waals surface area contributed by atoms with Crippen LogP contribution in [0.1, 0.15) is 24.1 Å². The van der Waals surface area contributed by atoms with E-state index in [2.05, 4.69) is 25.7 Å². The maximum absolute atomic E-state index is 14.2. The van der Waals surface area contributed by atoms with E-state index in [0.717, 1.165) is 12.1 Å². The van der Waals surface area contributed by atoms with Crippen LogP contribution in [0.2, 0.25) is 0 Å². The highest BCUT2D eigenvalue weighted by molar-refractivity contribution is 5.78. The smallest absolute Gasteiger partial charge is 0.242 e. The zero-order valence-electron chi connectivity index (χ0n) is 17.0. The largest absolute Gasteiger partial charge is 0.396 e. The Morgan fingerprint density at radius 1 is 1.38 bits per heavy atom. The van der Waals surface area contributed by atoms with Gasteiger partial charge < -0.3 is 21.5 Å². The fourth-order valence-electron chi connectivity index (χ4n) is 3.00. The molecular weight excluding hydrogens is 422 g/mol. The molecule has 0 bridgehead atoms. The molecule has 0 spiro atoms. The van der Waals surface area contributed by atoms with Gasteiger partial charge in [-0.25, -0.2) is 13.8 Å². The Morgan fingerprint density at radius 3 is 2.84 bits per heavy atom. The number of hydrogen-bond acceptors (Lipinski definition) is 8. The third kappa shape index (κ3) is 4.96. The standard InChI is InChI=1S/C20H20F2N8O2/c1-11(10-31)18(19(24)32)30-9-13(7-27-30)28-20-25-5-4-16(29-20)26-8-14-15(21)3-2-12(6-23)17(14)22/h2-5,7,9,11,18,31H,8,10H2,1H3,(H2,24,32)(H2,25,26,28,29)/t11?,18-/m1/s1. The molecule has 5 N–H and O–H groups in total. The number of rotatable bonds is 9. The van der Waals surface area contributed by atoms with Gasteiger partial charge in [-0.15, -0.1) is 0 Å². The van der Waals surface area contributed by atoms with E-state index in [1.165, 1.54) is 29.3 Å². The van der Waals surface area contributed by atoms with E-state index >= 15 is 0 Å². The third-order valence-corrected chi connectivity index (χ3v) is 4.67. The Hall–Kier alpha value is -4.11. The van der Waals surface area contributed by atoms with Gasteiger partial charge in [-0.1, -0.05) is 6.92 Å². The Morgan fingerprint density at radius 2 is 2.16 bits per heavy atom. The van der Waals surface area contributed by atoms with E-state index in [1.54, 1.807) is 13.0 Å². The van der Waals surface area contributed by atoms with Crippen molar-refractivity contribution in [3.8, 4) is 6.07 Å². The van der Waals surface area contributed by atoms with Crippen LogP contribution in [0.15, 0.2) is 36.8 Å². The van der Waals surface area contributed by atoms with Crippen molar-refractivity contribution >= 4 is 23.4 Å². The van der Waals surface area contributed by atoms with Gasteiger partial charge in [0.1, 0.15) is 29.6 Å². The van der Waals surface area contributed by atoms with Crippen LogP contribution in [-0.4, -0.2) is 37.4 Å². The van der Waals surface area contributed by atoms with Crippen molar-refractivity contribution in [2.45, 2.75) is 19.5 Å². The first-order valence-corrected chi connectivity index (χ1v) is 9.49. The lowest BCUT2D eigenvalue weighted by molar-refractivity contribution is -0.123. The molecule has 2 atom stereocenters. The summed E-state index contributed by atoms with van der Waals surface area (Å²) in [4.78, 5) is 20.0. The fraction of sp³-hybridized carbons (Fsp3) is 0.250. The molecule has 32 heavy (non-hydrogen) atoms. The normalized spacial score (nSPS) is 12.6. The molecule has 3 rings (SSSR count). The molecular formula is C20H20F2N8O2. The van der Waals surface area contributed by atoms with Crippen molar-refractivity contribution in [3.05, 3.63) is 59.6 Å². The molecule has 0 aliphatic rings. The molecule has 10 nitrogen and oxygen atoms in total. The highest BCUT2D eigenvalue weighted by Gasteiger charge is 2.25. The van der Waals surface area contributed by atoms with E-state index in [-0.39, 0.29) is 36.0 Å². The third-order valence-electron chi connectivity index (χ3n) is 4.67. The summed E-state index contributed by atoms with van der Waals surface area (Å²) in [7, 11) is 0. The number of nitrogens with zero attached hydrogens (tertiary/aromatic N) is 5. The molecule has 0 radical (unpaired) electrons. The van der Waals surface area contributed by atoms with Crippen LogP contribution in [-0.2, 0) is 11.3 Å². The fourth-order valence-corrected chi connectivity index (χ4v) is 3.00. The molecule has 0 fully saturated rings. The number of aliphatic hydroxyl groups is 1. The molecule has 0 saturated heterocycles. The maximum atomic E-state index is 14.2. The van der Waals surface area contributed by atoms with Crippen LogP contribution in [0.5, 0.6) is 0 Å². The maximum Gasteiger partial charge on any atom is 0.242 e. The van der Waals surface area contributed by atoms with E-state index in [9.17, 15) is 18.7 Å². The van der Waals surface area contributed by atoms with Gasteiger partial charge in [0.25, 0.3) is 0 Å². The molecule has 0 aliphatic carbocycles. The van der Waals surface area contributed by atoms with E-state index < -0.39 is 29.5 Å². The number of anilines is 3. The molecule has 0 saturated carbocycles. The summed E-state index contributed by atoms with van der Waals surface area (Å²) in [5.41, 5.74) is 5.33. The number of aromatic nitrogens is 4. The first-order chi connectivity index (χ1) is 15.3. The van der Waals surface area contributed by atoms with E-state index in [0.29, 0.717) is 5.69 Å². The quantitative estimate of drug-likeness (QED) is 0.391. The number of carbonyl (C=O) groups is 1. The summed E-state index contributed by atoms with van der Waals surface area (Å²) in [6.07, 6.45) is 4.38. The molecule has 12 heteroatoms. The summed E-state index contributed by atoms with van der Waals surface area (Å²) in [6, 6.07) is 4.44. The van der Waals surface area contributed by atoms with Crippen LogP contribution in [0.4, 0.5) is 26.2 Å². The van der Waals surface area contributed by atoms with Crippen LogP contribution >= 0.6 is 0 Å². The zero-order chi connectivity index (χ0) is 23.3. The number of halogens is 2. The van der Waals surface area contributed by atoms with E-state index in [4.69, 9.17) is 11.0 Å². The molecule has 1 amide bonds. The highest BCUT2D eigenvalue weighted by Crippen LogP contribution is 2.21.